The summed E-state index contributed by atoms with van der Waals surface area (Å²) in [5.41, 5.74) is -0.613. The van der Waals surface area contributed by atoms with Gasteiger partial charge in [-0.25, -0.2) is 23.2 Å². The van der Waals surface area contributed by atoms with Gasteiger partial charge in [0.2, 0.25) is 0 Å². The maximum absolute atomic E-state index is 15.0. The van der Waals surface area contributed by atoms with Gasteiger partial charge in [-0.2, -0.15) is 18.3 Å². The molecule has 40 heavy (non-hydrogen) atoms. The number of carbonyl (C=O) groups is 1. The van der Waals surface area contributed by atoms with E-state index in [4.69, 9.17) is 4.74 Å². The number of aromatic carboxylic acids is 1. The van der Waals surface area contributed by atoms with Crippen molar-refractivity contribution in [3.8, 4) is 5.82 Å². The molecule has 1 atom stereocenters. The molecule has 0 saturated carbocycles. The van der Waals surface area contributed by atoms with Crippen molar-refractivity contribution in [2.24, 2.45) is 0 Å². The lowest BCUT2D eigenvalue weighted by Crippen LogP contribution is -2.26. The minimum absolute atomic E-state index is 0.0252. The molecule has 1 aliphatic carbocycles. The Labute approximate surface area is 226 Å². The number of hydrogen-bond acceptors (Lipinski definition) is 5. The number of aromatic nitrogens is 3. The van der Waals surface area contributed by atoms with Crippen LogP contribution in [0, 0.1) is 0 Å². The topological polar surface area (TPSA) is 89.3 Å². The van der Waals surface area contributed by atoms with Crippen LogP contribution in [0.15, 0.2) is 66.3 Å². The fourth-order valence-corrected chi connectivity index (χ4v) is 4.96. The molecular weight excluding hydrogens is 535 g/mol. The van der Waals surface area contributed by atoms with E-state index in [9.17, 15) is 31.9 Å². The number of allylic oxidation sites excluding steroid dienone is 3. The minimum atomic E-state index is -5.05. The molecule has 1 unspecified atom stereocenters. The van der Waals surface area contributed by atoms with Gasteiger partial charge >= 0.3 is 12.1 Å². The van der Waals surface area contributed by atoms with Crippen LogP contribution in [0.5, 0.6) is 0 Å². The quantitative estimate of drug-likeness (QED) is 0.346. The number of pyridine rings is 1. The van der Waals surface area contributed by atoms with E-state index in [2.05, 4.69) is 15.4 Å². The molecule has 0 bridgehead atoms. The summed E-state index contributed by atoms with van der Waals surface area (Å²) in [5.74, 6) is -2.93. The van der Waals surface area contributed by atoms with Crippen molar-refractivity contribution >= 4 is 11.5 Å². The lowest BCUT2D eigenvalue weighted by molar-refractivity contribution is -0.143. The van der Waals surface area contributed by atoms with E-state index in [1.165, 1.54) is 23.8 Å². The maximum Gasteiger partial charge on any atom is 0.434 e. The molecule has 1 fully saturated rings. The summed E-state index contributed by atoms with van der Waals surface area (Å²) in [5, 5.41) is 16.1. The highest BCUT2D eigenvalue weighted by Crippen LogP contribution is 2.37. The zero-order valence-corrected chi connectivity index (χ0v) is 21.1. The molecule has 2 aromatic heterocycles. The lowest BCUT2D eigenvalue weighted by Gasteiger charge is -2.23. The Balaban J connectivity index is 1.44. The first-order valence-corrected chi connectivity index (χ1v) is 12.7. The van der Waals surface area contributed by atoms with Crippen LogP contribution < -0.4 is 5.32 Å². The van der Waals surface area contributed by atoms with Crippen LogP contribution >= 0.6 is 0 Å². The minimum Gasteiger partial charge on any atom is -0.485 e. The Morgan fingerprint density at radius 1 is 1.12 bits per heavy atom. The molecule has 0 amide bonds. The van der Waals surface area contributed by atoms with Crippen LogP contribution in [0.2, 0.25) is 0 Å². The molecule has 3 heterocycles. The smallest absolute Gasteiger partial charge is 0.434 e. The zero-order chi connectivity index (χ0) is 28.4. The predicted molar refractivity (Wildman–Crippen MR) is 135 cm³/mol. The first-order valence-electron chi connectivity index (χ1n) is 12.7. The SMILES string of the molecule is O=C(O)c1cnn(-c2cccc(C3=C(OCc4ccc(C5CCNCC5)cc4)C(F)=CC(F)C3)n2)c1C(F)(F)F. The summed E-state index contributed by atoms with van der Waals surface area (Å²) < 4.78 is 76.6. The van der Waals surface area contributed by atoms with Crippen molar-refractivity contribution in [1.29, 1.82) is 0 Å². The molecule has 5 rings (SSSR count). The number of carboxylic acid groups (broad SMARTS) is 1. The van der Waals surface area contributed by atoms with E-state index < -0.39 is 35.4 Å². The van der Waals surface area contributed by atoms with Crippen LogP contribution in [0.3, 0.4) is 0 Å². The van der Waals surface area contributed by atoms with Crippen molar-refractivity contribution in [1.82, 2.24) is 20.1 Å². The van der Waals surface area contributed by atoms with Crippen LogP contribution in [0.4, 0.5) is 22.0 Å². The van der Waals surface area contributed by atoms with Gasteiger partial charge in [-0.15, -0.1) is 0 Å². The van der Waals surface area contributed by atoms with Crippen LogP contribution in [-0.2, 0) is 17.5 Å². The summed E-state index contributed by atoms with van der Waals surface area (Å²) in [6, 6.07) is 11.7. The molecule has 3 aromatic rings. The summed E-state index contributed by atoms with van der Waals surface area (Å²) in [7, 11) is 0. The Hall–Kier alpha value is -4.06. The number of alkyl halides is 4. The Morgan fingerprint density at radius 3 is 2.52 bits per heavy atom. The molecule has 1 aliphatic heterocycles. The summed E-state index contributed by atoms with van der Waals surface area (Å²) in [6.45, 7) is 1.89. The van der Waals surface area contributed by atoms with Gasteiger partial charge in [0, 0.05) is 12.0 Å². The average Bonchev–Trinajstić information content (AvgIpc) is 3.40. The van der Waals surface area contributed by atoms with Crippen molar-refractivity contribution < 1.29 is 36.6 Å². The fraction of sp³-hybridized carbons (Fsp3) is 0.321. The standard InChI is InChI=1S/C28H25F5N4O3/c29-19-12-20(23-2-1-3-24(36-23)37-26(28(31,32)33)21(14-35-37)27(38)39)25(22(30)13-19)40-15-16-4-6-17(7-5-16)18-8-10-34-11-9-18/h1-7,13-14,18-19,34H,8-12,15H2,(H,38,39). The number of halogens is 5. The highest BCUT2D eigenvalue weighted by molar-refractivity contribution is 5.89. The number of piperidine rings is 1. The van der Waals surface area contributed by atoms with E-state index in [0.717, 1.165) is 37.6 Å². The Morgan fingerprint density at radius 2 is 1.85 bits per heavy atom. The molecular formula is C28H25F5N4O3. The van der Waals surface area contributed by atoms with Gasteiger partial charge in [0.15, 0.2) is 23.1 Å². The molecule has 2 N–H and O–H groups in total. The molecule has 0 spiro atoms. The molecule has 1 aromatic carbocycles. The molecule has 0 radical (unpaired) electrons. The predicted octanol–water partition coefficient (Wildman–Crippen LogP) is 5.97. The van der Waals surface area contributed by atoms with Crippen molar-refractivity contribution in [3.63, 3.8) is 0 Å². The van der Waals surface area contributed by atoms with Gasteiger partial charge in [-0.1, -0.05) is 30.3 Å². The highest BCUT2D eigenvalue weighted by Gasteiger charge is 2.41. The van der Waals surface area contributed by atoms with Gasteiger partial charge in [0.05, 0.1) is 11.9 Å². The van der Waals surface area contributed by atoms with Crippen molar-refractivity contribution in [3.05, 3.63) is 94.4 Å². The highest BCUT2D eigenvalue weighted by atomic mass is 19.4. The largest absolute Gasteiger partial charge is 0.485 e. The van der Waals surface area contributed by atoms with E-state index in [1.807, 2.05) is 24.3 Å². The number of ether oxygens (including phenoxy) is 1. The number of benzene rings is 1. The fourth-order valence-electron chi connectivity index (χ4n) is 4.96. The third kappa shape index (κ3) is 5.76. The summed E-state index contributed by atoms with van der Waals surface area (Å²) in [6.07, 6.45) is -3.65. The number of rotatable bonds is 7. The Bertz CT molecular complexity index is 1460. The second-order valence-corrected chi connectivity index (χ2v) is 9.60. The third-order valence-electron chi connectivity index (χ3n) is 6.92. The monoisotopic (exact) mass is 560 g/mol. The Kier molecular flexibility index (Phi) is 7.70. The van der Waals surface area contributed by atoms with Gasteiger partial charge < -0.3 is 15.2 Å². The number of nitrogens with zero attached hydrogens (tertiary/aromatic N) is 3. The lowest BCUT2D eigenvalue weighted by atomic mass is 9.90. The van der Waals surface area contributed by atoms with E-state index in [0.29, 0.717) is 16.8 Å². The summed E-state index contributed by atoms with van der Waals surface area (Å²) >= 11 is 0. The van der Waals surface area contributed by atoms with E-state index >= 15 is 0 Å². The van der Waals surface area contributed by atoms with Crippen LogP contribution in [-0.4, -0.2) is 45.1 Å². The first kappa shape index (κ1) is 27.5. The van der Waals surface area contributed by atoms with Crippen LogP contribution in [0.1, 0.15) is 58.1 Å². The maximum atomic E-state index is 15.0. The normalized spacial score (nSPS) is 18.5. The van der Waals surface area contributed by atoms with Gasteiger partial charge in [0.25, 0.3) is 0 Å². The number of nitrogens with one attached hydrogen (secondary N) is 1. The summed E-state index contributed by atoms with van der Waals surface area (Å²) in [4.78, 5) is 15.5. The molecule has 2 aliphatic rings. The first-order chi connectivity index (χ1) is 19.1. The van der Waals surface area contributed by atoms with Crippen molar-refractivity contribution in [2.45, 2.75) is 44.1 Å². The van der Waals surface area contributed by atoms with E-state index in [1.54, 1.807) is 0 Å². The second-order valence-electron chi connectivity index (χ2n) is 9.60. The van der Waals surface area contributed by atoms with Crippen LogP contribution in [0.25, 0.3) is 11.4 Å². The molecule has 1 saturated heterocycles. The zero-order valence-electron chi connectivity index (χ0n) is 21.1. The second kappa shape index (κ2) is 11.2. The molecule has 12 heteroatoms. The van der Waals surface area contributed by atoms with E-state index in [-0.39, 0.29) is 35.9 Å². The molecule has 7 nitrogen and oxygen atoms in total. The average molecular weight is 561 g/mol. The van der Waals surface area contributed by atoms with Gasteiger partial charge in [-0.05, 0) is 61.2 Å². The number of carboxylic acids is 1. The molecule has 210 valence electrons. The van der Waals surface area contributed by atoms with Crippen molar-refractivity contribution in [2.75, 3.05) is 13.1 Å². The van der Waals surface area contributed by atoms with Gasteiger partial charge in [-0.3, -0.25) is 0 Å². The third-order valence-corrected chi connectivity index (χ3v) is 6.92. The number of hydrogen-bond donors (Lipinski definition) is 2. The van der Waals surface area contributed by atoms with Gasteiger partial charge in [0.1, 0.15) is 18.3 Å².